The Bertz CT molecular complexity index is 4150. The molecule has 4 nitrogen and oxygen atoms in total. The molecule has 0 saturated carbocycles. The standard InChI is InChI=1S/C66H52BN3OS/c1-65(2,3)43-23-28-45(29-24-43)69-56-18-13-19-57-62(56)67(55-36-34-52-51-17-10-12-21-61(51)72-64(52)63(55)70(57)46-30-25-44(26-31-46)66(4,5)6)54-35-32-49(40-58(54)69)68(47-27-22-41-14-7-8-15-42(41)38-47)48-33-37-60-53(39-48)50-16-9-11-20-59(50)71-60/h7-40H,1-6H3. The number of benzene rings is 10. The van der Waals surface area contributed by atoms with Crippen molar-refractivity contribution in [2.24, 2.45) is 0 Å². The largest absolute Gasteiger partial charge is 0.456 e. The highest BCUT2D eigenvalue weighted by Crippen LogP contribution is 2.50. The maximum absolute atomic E-state index is 6.39. The second kappa shape index (κ2) is 15.7. The third-order valence-electron chi connectivity index (χ3n) is 15.3. The highest BCUT2D eigenvalue weighted by atomic mass is 32.1. The van der Waals surface area contributed by atoms with Crippen LogP contribution in [0.25, 0.3) is 52.9 Å². The molecule has 10 aromatic carbocycles. The molecule has 0 atom stereocenters. The van der Waals surface area contributed by atoms with E-state index in [9.17, 15) is 0 Å². The molecule has 0 amide bonds. The van der Waals surface area contributed by atoms with Gasteiger partial charge in [-0.15, -0.1) is 11.3 Å². The number of anilines is 9. The molecular weight excluding hydrogens is 894 g/mol. The van der Waals surface area contributed by atoms with E-state index in [2.05, 4.69) is 256 Å². The van der Waals surface area contributed by atoms with Gasteiger partial charge in [-0.3, -0.25) is 0 Å². The number of hydrogen-bond donors (Lipinski definition) is 0. The minimum Gasteiger partial charge on any atom is -0.456 e. The Morgan fingerprint density at radius 3 is 1.76 bits per heavy atom. The van der Waals surface area contributed by atoms with Crippen LogP contribution in [0.5, 0.6) is 0 Å². The highest BCUT2D eigenvalue weighted by molar-refractivity contribution is 7.26. The molecule has 0 radical (unpaired) electrons. The van der Waals surface area contributed by atoms with Gasteiger partial charge in [0.2, 0.25) is 0 Å². The first kappa shape index (κ1) is 42.8. The quantitative estimate of drug-likeness (QED) is 0.160. The molecule has 14 rings (SSSR count). The topological polar surface area (TPSA) is 22.9 Å². The van der Waals surface area contributed by atoms with Crippen LogP contribution in [0.2, 0.25) is 0 Å². The van der Waals surface area contributed by atoms with Gasteiger partial charge in [-0.05, 0) is 140 Å². The smallest absolute Gasteiger partial charge is 0.252 e. The Hall–Kier alpha value is -8.06. The molecule has 0 aliphatic carbocycles. The first-order chi connectivity index (χ1) is 35.0. The summed E-state index contributed by atoms with van der Waals surface area (Å²) >= 11 is 1.91. The predicted octanol–water partition coefficient (Wildman–Crippen LogP) is 17.3. The summed E-state index contributed by atoms with van der Waals surface area (Å²) in [6.07, 6.45) is 0. The molecule has 2 aromatic heterocycles. The highest BCUT2D eigenvalue weighted by Gasteiger charge is 2.44. The first-order valence-corrected chi connectivity index (χ1v) is 26.0. The van der Waals surface area contributed by atoms with Crippen LogP contribution in [-0.4, -0.2) is 6.71 Å². The van der Waals surface area contributed by atoms with Crippen LogP contribution in [0.3, 0.4) is 0 Å². The lowest BCUT2D eigenvalue weighted by atomic mass is 9.33. The second-order valence-corrected chi connectivity index (χ2v) is 22.8. The number of furan rings is 1. The Labute approximate surface area is 425 Å². The van der Waals surface area contributed by atoms with Gasteiger partial charge in [0.05, 0.1) is 10.4 Å². The summed E-state index contributed by atoms with van der Waals surface area (Å²) in [6.45, 7) is 13.7. The molecule has 4 heterocycles. The van der Waals surface area contributed by atoms with Crippen LogP contribution in [-0.2, 0) is 10.8 Å². The summed E-state index contributed by atoms with van der Waals surface area (Å²) in [5.74, 6) is 0. The van der Waals surface area contributed by atoms with Crippen molar-refractivity contribution < 1.29 is 4.42 Å². The zero-order valence-corrected chi connectivity index (χ0v) is 42.2. The van der Waals surface area contributed by atoms with Gasteiger partial charge < -0.3 is 19.1 Å². The lowest BCUT2D eigenvalue weighted by Crippen LogP contribution is -2.61. The number of fused-ring (bicyclic) bond motifs is 12. The van der Waals surface area contributed by atoms with Gasteiger partial charge in [0, 0.05) is 71.7 Å². The third-order valence-corrected chi connectivity index (χ3v) is 16.5. The maximum Gasteiger partial charge on any atom is 0.252 e. The number of para-hydroxylation sites is 1. The van der Waals surface area contributed by atoms with Gasteiger partial charge >= 0.3 is 0 Å². The van der Waals surface area contributed by atoms with E-state index in [1.807, 2.05) is 17.4 Å². The molecule has 0 unspecified atom stereocenters. The maximum atomic E-state index is 6.39. The van der Waals surface area contributed by atoms with Gasteiger partial charge in [-0.2, -0.15) is 0 Å². The number of hydrogen-bond acceptors (Lipinski definition) is 5. The van der Waals surface area contributed by atoms with Crippen LogP contribution in [0.1, 0.15) is 52.7 Å². The summed E-state index contributed by atoms with van der Waals surface area (Å²) < 4.78 is 9.01. The summed E-state index contributed by atoms with van der Waals surface area (Å²) in [5, 5.41) is 7.21. The Morgan fingerprint density at radius 1 is 0.431 bits per heavy atom. The summed E-state index contributed by atoms with van der Waals surface area (Å²) in [4.78, 5) is 7.54. The van der Waals surface area contributed by atoms with E-state index in [1.165, 1.54) is 75.5 Å². The molecule has 6 heteroatoms. The van der Waals surface area contributed by atoms with E-state index in [0.29, 0.717) is 0 Å². The summed E-state index contributed by atoms with van der Waals surface area (Å²) in [7, 11) is 0. The van der Waals surface area contributed by atoms with Crippen molar-refractivity contribution >= 4 is 139 Å². The molecule has 72 heavy (non-hydrogen) atoms. The van der Waals surface area contributed by atoms with Gasteiger partial charge in [0.15, 0.2) is 0 Å². The van der Waals surface area contributed by atoms with Gasteiger partial charge in [0.25, 0.3) is 6.71 Å². The SMILES string of the molecule is CC(C)(C)c1ccc(N2c3cc(N(c4ccc5ccccc5c4)c4ccc5oc6ccccc6c5c4)ccc3B3c4ccc5c(sc6ccccc65)c4N(c4ccc(C(C)(C)C)cc4)c4cccc2c43)cc1. The molecule has 0 spiro atoms. The van der Waals surface area contributed by atoms with E-state index in [-0.39, 0.29) is 17.5 Å². The van der Waals surface area contributed by atoms with Crippen LogP contribution >= 0.6 is 11.3 Å². The average molecular weight is 946 g/mol. The molecule has 2 aliphatic heterocycles. The van der Waals surface area contributed by atoms with E-state index >= 15 is 0 Å². The molecule has 2 aliphatic rings. The van der Waals surface area contributed by atoms with E-state index in [4.69, 9.17) is 4.42 Å². The van der Waals surface area contributed by atoms with Crippen molar-refractivity contribution in [1.29, 1.82) is 0 Å². The predicted molar refractivity (Wildman–Crippen MR) is 310 cm³/mol. The molecule has 0 fully saturated rings. The Kier molecular flexibility index (Phi) is 9.34. The molecule has 0 bridgehead atoms. The fraction of sp³-hybridized carbons (Fsp3) is 0.121. The minimum absolute atomic E-state index is 0.00889. The lowest BCUT2D eigenvalue weighted by Gasteiger charge is -2.44. The molecule has 0 saturated heterocycles. The fourth-order valence-corrected chi connectivity index (χ4v) is 12.9. The van der Waals surface area contributed by atoms with E-state index in [0.717, 1.165) is 56.1 Å². The van der Waals surface area contributed by atoms with E-state index < -0.39 is 0 Å². The average Bonchev–Trinajstić information content (AvgIpc) is 3.97. The minimum atomic E-state index is -0.0391. The summed E-state index contributed by atoms with van der Waals surface area (Å²) in [6, 6.07) is 77.1. The second-order valence-electron chi connectivity index (χ2n) is 21.8. The van der Waals surface area contributed by atoms with Gasteiger partial charge in [-0.1, -0.05) is 157 Å². The van der Waals surface area contributed by atoms with Crippen molar-refractivity contribution in [3.05, 3.63) is 217 Å². The fourth-order valence-electron chi connectivity index (χ4n) is 11.7. The molecule has 0 N–H and O–H groups in total. The van der Waals surface area contributed by atoms with Crippen LogP contribution in [0, 0.1) is 0 Å². The molecule has 346 valence electrons. The normalized spacial score (nSPS) is 13.3. The lowest BCUT2D eigenvalue weighted by molar-refractivity contribution is 0.590. The number of rotatable bonds is 5. The third kappa shape index (κ3) is 6.58. The Balaban J connectivity index is 1.04. The monoisotopic (exact) mass is 945 g/mol. The van der Waals surface area contributed by atoms with E-state index in [1.54, 1.807) is 0 Å². The molecule has 12 aromatic rings. The van der Waals surface area contributed by atoms with Crippen molar-refractivity contribution in [3.8, 4) is 0 Å². The summed E-state index contributed by atoms with van der Waals surface area (Å²) in [5.41, 5.74) is 18.7. The van der Waals surface area contributed by atoms with Crippen molar-refractivity contribution in [3.63, 3.8) is 0 Å². The zero-order chi connectivity index (χ0) is 48.6. The van der Waals surface area contributed by atoms with Crippen molar-refractivity contribution in [1.82, 2.24) is 0 Å². The molecular formula is C66H52BN3OS. The van der Waals surface area contributed by atoms with Crippen LogP contribution in [0.15, 0.2) is 211 Å². The van der Waals surface area contributed by atoms with Crippen molar-refractivity contribution in [2.45, 2.75) is 52.4 Å². The van der Waals surface area contributed by atoms with Crippen LogP contribution < -0.4 is 31.1 Å². The van der Waals surface area contributed by atoms with Gasteiger partial charge in [-0.25, -0.2) is 0 Å². The van der Waals surface area contributed by atoms with Crippen molar-refractivity contribution in [2.75, 3.05) is 14.7 Å². The number of nitrogens with zero attached hydrogens (tertiary/aromatic N) is 3. The zero-order valence-electron chi connectivity index (χ0n) is 41.4. The Morgan fingerprint density at radius 2 is 1.01 bits per heavy atom. The number of thiophene rings is 1. The van der Waals surface area contributed by atoms with Crippen LogP contribution in [0.4, 0.5) is 51.2 Å². The first-order valence-electron chi connectivity index (χ1n) is 25.2. The van der Waals surface area contributed by atoms with Gasteiger partial charge in [0.1, 0.15) is 11.2 Å².